The quantitative estimate of drug-likeness (QED) is 0.704. The molecule has 1 N–H and O–H groups in total. The molecule has 0 saturated carbocycles. The third-order valence-corrected chi connectivity index (χ3v) is 3.83. The van der Waals surface area contributed by atoms with Gasteiger partial charge >= 0.3 is 5.97 Å². The van der Waals surface area contributed by atoms with Crippen molar-refractivity contribution in [2.45, 2.75) is 58.8 Å². The number of unbranched alkanes of at least 4 members (excludes halogenated alkanes) is 3. The normalized spacial score (nSPS) is 21.6. The third kappa shape index (κ3) is 4.28. The fraction of sp³-hybridized carbons (Fsp3) is 0.733. The highest BCUT2D eigenvalue weighted by Crippen LogP contribution is 2.29. The lowest BCUT2D eigenvalue weighted by molar-refractivity contribution is -0.145. The summed E-state index contributed by atoms with van der Waals surface area (Å²) in [5.74, 6) is -1.73. The molecular formula is C15H24O3. The monoisotopic (exact) mass is 252 g/mol. The van der Waals surface area contributed by atoms with Crippen molar-refractivity contribution in [2.24, 2.45) is 11.8 Å². The zero-order chi connectivity index (χ0) is 13.5. The number of ketones is 1. The van der Waals surface area contributed by atoms with Gasteiger partial charge in [0.15, 0.2) is 5.78 Å². The fourth-order valence-electron chi connectivity index (χ4n) is 2.51. The number of carbonyl (C=O) groups excluding carboxylic acids is 1. The van der Waals surface area contributed by atoms with E-state index in [1.165, 1.54) is 24.8 Å². The predicted molar refractivity (Wildman–Crippen MR) is 71.4 cm³/mol. The topological polar surface area (TPSA) is 54.4 Å². The van der Waals surface area contributed by atoms with Gasteiger partial charge in [0.1, 0.15) is 0 Å². The molecule has 0 bridgehead atoms. The van der Waals surface area contributed by atoms with E-state index in [-0.39, 0.29) is 11.7 Å². The highest BCUT2D eigenvalue weighted by molar-refractivity contribution is 5.95. The average molecular weight is 252 g/mol. The van der Waals surface area contributed by atoms with E-state index in [1.807, 2.05) is 0 Å². The summed E-state index contributed by atoms with van der Waals surface area (Å²) < 4.78 is 0. The predicted octanol–water partition coefficient (Wildman–Crippen LogP) is 3.58. The molecule has 0 amide bonds. The first kappa shape index (κ1) is 14.9. The first-order valence-corrected chi connectivity index (χ1v) is 7.02. The summed E-state index contributed by atoms with van der Waals surface area (Å²) in [6.45, 7) is 3.81. The van der Waals surface area contributed by atoms with Crippen LogP contribution in [0.5, 0.6) is 0 Å². The summed E-state index contributed by atoms with van der Waals surface area (Å²) in [7, 11) is 0. The van der Waals surface area contributed by atoms with Gasteiger partial charge in [0.25, 0.3) is 0 Å². The molecule has 0 aliphatic heterocycles. The maximum atomic E-state index is 11.9. The van der Waals surface area contributed by atoms with Gasteiger partial charge in [-0.1, -0.05) is 38.7 Å². The van der Waals surface area contributed by atoms with Crippen molar-refractivity contribution in [3.63, 3.8) is 0 Å². The zero-order valence-corrected chi connectivity index (χ0v) is 11.4. The molecule has 2 unspecified atom stereocenters. The van der Waals surface area contributed by atoms with Crippen molar-refractivity contribution in [3.05, 3.63) is 11.6 Å². The Morgan fingerprint density at radius 1 is 1.44 bits per heavy atom. The molecule has 0 spiro atoms. The van der Waals surface area contributed by atoms with Crippen LogP contribution in [0.3, 0.4) is 0 Å². The Labute approximate surface area is 109 Å². The minimum Gasteiger partial charge on any atom is -0.481 e. The van der Waals surface area contributed by atoms with Gasteiger partial charge in [-0.2, -0.15) is 0 Å². The van der Waals surface area contributed by atoms with Crippen molar-refractivity contribution >= 4 is 11.8 Å². The van der Waals surface area contributed by atoms with Crippen LogP contribution in [0.15, 0.2) is 11.6 Å². The number of hydrogen-bond acceptors (Lipinski definition) is 2. The Kier molecular flexibility index (Phi) is 6.10. The number of rotatable bonds is 7. The van der Waals surface area contributed by atoms with E-state index >= 15 is 0 Å². The average Bonchev–Trinajstić information content (AvgIpc) is 2.34. The van der Waals surface area contributed by atoms with Crippen LogP contribution >= 0.6 is 0 Å². The molecule has 0 saturated heterocycles. The van der Waals surface area contributed by atoms with Crippen molar-refractivity contribution in [1.29, 1.82) is 0 Å². The van der Waals surface area contributed by atoms with E-state index < -0.39 is 11.9 Å². The molecule has 0 radical (unpaired) electrons. The molecule has 0 aromatic carbocycles. The number of carboxylic acids is 1. The molecule has 1 aliphatic carbocycles. The van der Waals surface area contributed by atoms with E-state index in [2.05, 4.69) is 6.92 Å². The van der Waals surface area contributed by atoms with E-state index in [1.54, 1.807) is 13.0 Å². The van der Waals surface area contributed by atoms with Gasteiger partial charge in [-0.15, -0.1) is 0 Å². The Bertz CT molecular complexity index is 331. The minimum atomic E-state index is -0.867. The Balaban J connectivity index is 2.45. The second-order valence-electron chi connectivity index (χ2n) is 5.29. The van der Waals surface area contributed by atoms with E-state index in [9.17, 15) is 9.59 Å². The van der Waals surface area contributed by atoms with Crippen LogP contribution in [-0.4, -0.2) is 16.9 Å². The zero-order valence-electron chi connectivity index (χ0n) is 11.4. The van der Waals surface area contributed by atoms with Gasteiger partial charge in [0.05, 0.1) is 5.92 Å². The summed E-state index contributed by atoms with van der Waals surface area (Å²) in [6, 6.07) is 0. The maximum Gasteiger partial charge on any atom is 0.306 e. The molecule has 18 heavy (non-hydrogen) atoms. The molecule has 0 aromatic heterocycles. The number of hydrogen-bond donors (Lipinski definition) is 1. The second kappa shape index (κ2) is 7.34. The van der Waals surface area contributed by atoms with E-state index in [4.69, 9.17) is 5.11 Å². The molecule has 3 nitrogen and oxygen atoms in total. The fourth-order valence-corrected chi connectivity index (χ4v) is 2.51. The molecule has 102 valence electrons. The Morgan fingerprint density at radius 3 is 2.72 bits per heavy atom. The highest BCUT2D eigenvalue weighted by Gasteiger charge is 2.31. The van der Waals surface area contributed by atoms with Crippen molar-refractivity contribution < 1.29 is 14.7 Å². The molecule has 3 heteroatoms. The lowest BCUT2D eigenvalue weighted by Gasteiger charge is -2.23. The van der Waals surface area contributed by atoms with Crippen LogP contribution in [-0.2, 0) is 9.59 Å². The van der Waals surface area contributed by atoms with Crippen molar-refractivity contribution in [1.82, 2.24) is 0 Å². The summed E-state index contributed by atoms with van der Waals surface area (Å²) in [4.78, 5) is 22.8. The third-order valence-electron chi connectivity index (χ3n) is 3.83. The number of carboxylic acid groups (broad SMARTS) is 1. The van der Waals surface area contributed by atoms with Crippen LogP contribution in [0.2, 0.25) is 0 Å². The largest absolute Gasteiger partial charge is 0.481 e. The molecule has 1 aliphatic rings. The number of aliphatic carboxylic acids is 1. The maximum absolute atomic E-state index is 11.9. The summed E-state index contributed by atoms with van der Waals surface area (Å²) in [6.07, 6.45) is 9.13. The minimum absolute atomic E-state index is 0.0154. The highest BCUT2D eigenvalue weighted by atomic mass is 16.4. The van der Waals surface area contributed by atoms with Crippen molar-refractivity contribution in [3.8, 4) is 0 Å². The Hall–Kier alpha value is -1.12. The second-order valence-corrected chi connectivity index (χ2v) is 5.29. The summed E-state index contributed by atoms with van der Waals surface area (Å²) >= 11 is 0. The van der Waals surface area contributed by atoms with Crippen LogP contribution in [0.25, 0.3) is 0 Å². The summed E-state index contributed by atoms with van der Waals surface area (Å²) in [5, 5.41) is 8.95. The van der Waals surface area contributed by atoms with E-state index in [0.29, 0.717) is 6.42 Å². The van der Waals surface area contributed by atoms with Gasteiger partial charge in [-0.25, -0.2) is 0 Å². The molecule has 2 atom stereocenters. The SMILES string of the molecule is CCCCCCC1=CC(=O)C(C(C)C(=O)O)CC1. The first-order chi connectivity index (χ1) is 8.56. The van der Waals surface area contributed by atoms with Gasteiger partial charge in [0.2, 0.25) is 0 Å². The van der Waals surface area contributed by atoms with Gasteiger partial charge in [-0.05, 0) is 31.8 Å². The smallest absolute Gasteiger partial charge is 0.306 e. The van der Waals surface area contributed by atoms with Gasteiger partial charge < -0.3 is 5.11 Å². The number of allylic oxidation sites excluding steroid dienone is 2. The van der Waals surface area contributed by atoms with E-state index in [0.717, 1.165) is 19.3 Å². The van der Waals surface area contributed by atoms with Gasteiger partial charge in [0, 0.05) is 5.92 Å². The molecule has 0 heterocycles. The lowest BCUT2D eigenvalue weighted by Crippen LogP contribution is -2.29. The standard InChI is InChI=1S/C15H24O3/c1-3-4-5-6-7-12-8-9-13(14(16)10-12)11(2)15(17)18/h10-11,13H,3-9H2,1-2H3,(H,17,18). The molecule has 0 aromatic rings. The number of carbonyl (C=O) groups is 2. The summed E-state index contributed by atoms with van der Waals surface area (Å²) in [5.41, 5.74) is 1.21. The van der Waals surface area contributed by atoms with Crippen LogP contribution in [0.4, 0.5) is 0 Å². The molecule has 0 fully saturated rings. The van der Waals surface area contributed by atoms with Gasteiger partial charge in [-0.3, -0.25) is 9.59 Å². The van der Waals surface area contributed by atoms with Crippen LogP contribution in [0.1, 0.15) is 58.8 Å². The molecular weight excluding hydrogens is 228 g/mol. The van der Waals surface area contributed by atoms with Crippen LogP contribution < -0.4 is 0 Å². The Morgan fingerprint density at radius 2 is 2.17 bits per heavy atom. The first-order valence-electron chi connectivity index (χ1n) is 7.02. The lowest BCUT2D eigenvalue weighted by atomic mass is 9.79. The van der Waals surface area contributed by atoms with Crippen LogP contribution in [0, 0.1) is 11.8 Å². The van der Waals surface area contributed by atoms with Crippen molar-refractivity contribution in [2.75, 3.05) is 0 Å². The molecule has 1 rings (SSSR count).